The van der Waals surface area contributed by atoms with Crippen molar-refractivity contribution in [1.82, 2.24) is 9.78 Å². The summed E-state index contributed by atoms with van der Waals surface area (Å²) in [5.41, 5.74) is 2.55. The summed E-state index contributed by atoms with van der Waals surface area (Å²) >= 11 is 1.83. The van der Waals surface area contributed by atoms with Crippen LogP contribution in [-0.2, 0) is 17.0 Å². The molecular formula is C18H23N3O2S. The molecule has 128 valence electrons. The van der Waals surface area contributed by atoms with Crippen molar-refractivity contribution < 1.29 is 9.53 Å². The second-order valence-corrected chi connectivity index (χ2v) is 7.72. The van der Waals surface area contributed by atoms with Crippen LogP contribution in [0.5, 0.6) is 5.75 Å². The molecule has 5 nitrogen and oxygen atoms in total. The number of thioether (sulfide) groups is 1. The molecule has 3 rings (SSSR count). The van der Waals surface area contributed by atoms with Crippen LogP contribution in [0.15, 0.2) is 24.3 Å². The number of hydrogen-bond donors (Lipinski definition) is 1. The van der Waals surface area contributed by atoms with Crippen molar-refractivity contribution in [3.8, 4) is 5.75 Å². The molecule has 24 heavy (non-hydrogen) atoms. The van der Waals surface area contributed by atoms with E-state index in [0.29, 0.717) is 17.9 Å². The van der Waals surface area contributed by atoms with Gasteiger partial charge >= 0.3 is 0 Å². The second-order valence-electron chi connectivity index (χ2n) is 6.73. The lowest BCUT2D eigenvalue weighted by Gasteiger charge is -2.23. The monoisotopic (exact) mass is 345 g/mol. The van der Waals surface area contributed by atoms with E-state index < -0.39 is 0 Å². The Labute approximate surface area is 146 Å². The van der Waals surface area contributed by atoms with Gasteiger partial charge in [-0.2, -0.15) is 16.9 Å². The molecule has 0 spiro atoms. The van der Waals surface area contributed by atoms with E-state index >= 15 is 0 Å². The van der Waals surface area contributed by atoms with E-state index in [0.717, 1.165) is 28.6 Å². The maximum atomic E-state index is 12.8. The molecule has 0 fully saturated rings. The molecule has 2 heterocycles. The number of benzene rings is 1. The molecule has 1 aliphatic heterocycles. The van der Waals surface area contributed by atoms with Gasteiger partial charge < -0.3 is 10.1 Å². The molecular weight excluding hydrogens is 322 g/mol. The van der Waals surface area contributed by atoms with Gasteiger partial charge in [0.25, 0.3) is 5.91 Å². The van der Waals surface area contributed by atoms with Gasteiger partial charge in [-0.25, -0.2) is 4.68 Å². The Morgan fingerprint density at radius 1 is 1.33 bits per heavy atom. The fraction of sp³-hybridized carbons (Fsp3) is 0.444. The van der Waals surface area contributed by atoms with E-state index in [1.165, 1.54) is 0 Å². The first-order valence-corrected chi connectivity index (χ1v) is 9.29. The largest absolute Gasteiger partial charge is 0.493 e. The van der Waals surface area contributed by atoms with Crippen LogP contribution in [-0.4, -0.2) is 22.3 Å². The topological polar surface area (TPSA) is 56.1 Å². The number of hydrogen-bond acceptors (Lipinski definition) is 4. The van der Waals surface area contributed by atoms with E-state index in [1.807, 2.05) is 41.6 Å². The molecule has 0 atom stereocenters. The Balaban J connectivity index is 1.96. The van der Waals surface area contributed by atoms with Gasteiger partial charge in [-0.3, -0.25) is 4.79 Å². The first kappa shape index (κ1) is 16.9. The molecule has 0 saturated carbocycles. The number of rotatable bonds is 4. The first-order valence-electron chi connectivity index (χ1n) is 8.14. The van der Waals surface area contributed by atoms with Crippen molar-refractivity contribution in [1.29, 1.82) is 0 Å². The van der Waals surface area contributed by atoms with Crippen molar-refractivity contribution in [2.45, 2.75) is 44.7 Å². The number of aromatic nitrogens is 2. The van der Waals surface area contributed by atoms with Crippen LogP contribution >= 0.6 is 11.8 Å². The van der Waals surface area contributed by atoms with Gasteiger partial charge in [0.15, 0.2) is 0 Å². The minimum atomic E-state index is -0.197. The zero-order chi connectivity index (χ0) is 17.3. The quantitative estimate of drug-likeness (QED) is 0.909. The Morgan fingerprint density at radius 3 is 2.79 bits per heavy atom. The molecule has 0 radical (unpaired) electrons. The second kappa shape index (κ2) is 6.51. The number of fused-ring (bicyclic) bond motifs is 1. The van der Waals surface area contributed by atoms with Gasteiger partial charge in [0.1, 0.15) is 11.6 Å². The lowest BCUT2D eigenvalue weighted by molar-refractivity contribution is 0.102. The van der Waals surface area contributed by atoms with Crippen molar-refractivity contribution in [2.24, 2.45) is 0 Å². The van der Waals surface area contributed by atoms with Crippen LogP contribution in [0.1, 0.15) is 49.3 Å². The van der Waals surface area contributed by atoms with E-state index in [-0.39, 0.29) is 11.4 Å². The Bertz CT molecular complexity index is 762. The third kappa shape index (κ3) is 3.15. The number of carbonyl (C=O) groups excluding carboxylic acids is 1. The molecule has 0 saturated heterocycles. The summed E-state index contributed by atoms with van der Waals surface area (Å²) in [6.07, 6.45) is 0. The molecule has 0 bridgehead atoms. The SMILES string of the molecule is CCOc1ccccc1C(=O)Nc1c2c(nn1C(C)(C)C)CSC2. The van der Waals surface area contributed by atoms with Crippen molar-refractivity contribution in [3.05, 3.63) is 41.1 Å². The summed E-state index contributed by atoms with van der Waals surface area (Å²) in [6.45, 7) is 8.70. The maximum absolute atomic E-state index is 12.8. The molecule has 6 heteroatoms. The summed E-state index contributed by atoms with van der Waals surface area (Å²) < 4.78 is 7.51. The predicted octanol–water partition coefficient (Wildman–Crippen LogP) is 4.04. The number of para-hydroxylation sites is 1. The number of anilines is 1. The number of amides is 1. The zero-order valence-electron chi connectivity index (χ0n) is 14.5. The molecule has 0 unspecified atom stereocenters. The molecule has 1 aromatic heterocycles. The molecule has 1 N–H and O–H groups in total. The van der Waals surface area contributed by atoms with Gasteiger partial charge in [0, 0.05) is 17.1 Å². The van der Waals surface area contributed by atoms with Crippen LogP contribution in [0, 0.1) is 0 Å². The van der Waals surface area contributed by atoms with Crippen LogP contribution in [0.25, 0.3) is 0 Å². The highest BCUT2D eigenvalue weighted by Gasteiger charge is 2.29. The molecule has 1 aliphatic rings. The summed E-state index contributed by atoms with van der Waals surface area (Å²) in [5, 5.41) is 7.80. The fourth-order valence-corrected chi connectivity index (χ4v) is 3.77. The molecule has 1 aromatic carbocycles. The number of ether oxygens (including phenoxy) is 1. The number of nitrogens with zero attached hydrogens (tertiary/aromatic N) is 2. The van der Waals surface area contributed by atoms with E-state index in [2.05, 4.69) is 26.1 Å². The summed E-state index contributed by atoms with van der Waals surface area (Å²) in [5.74, 6) is 3.03. The number of carbonyl (C=O) groups is 1. The maximum Gasteiger partial charge on any atom is 0.260 e. The minimum Gasteiger partial charge on any atom is -0.493 e. The van der Waals surface area contributed by atoms with Gasteiger partial charge in [-0.05, 0) is 39.8 Å². The Morgan fingerprint density at radius 2 is 2.08 bits per heavy atom. The average Bonchev–Trinajstić information content (AvgIpc) is 3.10. The lowest BCUT2D eigenvalue weighted by atomic mass is 10.1. The molecule has 2 aromatic rings. The van der Waals surface area contributed by atoms with Crippen LogP contribution in [0.4, 0.5) is 5.82 Å². The normalized spacial score (nSPS) is 13.7. The Kier molecular flexibility index (Phi) is 4.58. The Hall–Kier alpha value is -1.95. The standard InChI is InChI=1S/C18H23N3O2S/c1-5-23-15-9-7-6-8-12(15)17(22)19-16-13-10-24-11-14(13)20-21(16)18(2,3)4/h6-9H,5,10-11H2,1-4H3,(H,19,22). The van der Waals surface area contributed by atoms with Crippen molar-refractivity contribution in [3.63, 3.8) is 0 Å². The molecule has 0 aliphatic carbocycles. The van der Waals surface area contributed by atoms with Crippen molar-refractivity contribution in [2.75, 3.05) is 11.9 Å². The third-order valence-electron chi connectivity index (χ3n) is 3.85. The van der Waals surface area contributed by atoms with E-state index in [9.17, 15) is 4.79 Å². The molecule has 1 amide bonds. The lowest BCUT2D eigenvalue weighted by Crippen LogP contribution is -2.27. The van der Waals surface area contributed by atoms with Crippen molar-refractivity contribution >= 4 is 23.5 Å². The summed E-state index contributed by atoms with van der Waals surface area (Å²) in [7, 11) is 0. The minimum absolute atomic E-state index is 0.163. The summed E-state index contributed by atoms with van der Waals surface area (Å²) in [4.78, 5) is 12.8. The van der Waals surface area contributed by atoms with Crippen LogP contribution < -0.4 is 10.1 Å². The zero-order valence-corrected chi connectivity index (χ0v) is 15.4. The van der Waals surface area contributed by atoms with Crippen LogP contribution in [0.2, 0.25) is 0 Å². The smallest absolute Gasteiger partial charge is 0.260 e. The first-order chi connectivity index (χ1) is 11.4. The van der Waals surface area contributed by atoms with Crippen LogP contribution in [0.3, 0.4) is 0 Å². The number of nitrogens with one attached hydrogen (secondary N) is 1. The third-order valence-corrected chi connectivity index (χ3v) is 4.82. The van der Waals surface area contributed by atoms with E-state index in [4.69, 9.17) is 9.84 Å². The highest BCUT2D eigenvalue weighted by atomic mass is 32.2. The van der Waals surface area contributed by atoms with Gasteiger partial charge in [-0.15, -0.1) is 0 Å². The fourth-order valence-electron chi connectivity index (χ4n) is 2.74. The van der Waals surface area contributed by atoms with Gasteiger partial charge in [0.2, 0.25) is 0 Å². The highest BCUT2D eigenvalue weighted by Crippen LogP contribution is 2.37. The predicted molar refractivity (Wildman–Crippen MR) is 97.8 cm³/mol. The highest BCUT2D eigenvalue weighted by molar-refractivity contribution is 7.98. The van der Waals surface area contributed by atoms with E-state index in [1.54, 1.807) is 6.07 Å². The van der Waals surface area contributed by atoms with Gasteiger partial charge in [0.05, 0.1) is 23.4 Å². The summed E-state index contributed by atoms with van der Waals surface area (Å²) in [6, 6.07) is 7.32. The van der Waals surface area contributed by atoms with Gasteiger partial charge in [-0.1, -0.05) is 12.1 Å². The average molecular weight is 345 g/mol.